The summed E-state index contributed by atoms with van der Waals surface area (Å²) in [5, 5.41) is 51.6. The first-order valence-electron chi connectivity index (χ1n) is 17.4. The number of amides is 4. The number of thiazole rings is 1. The number of nitrogens with two attached hydrogens (primary N) is 3. The Morgan fingerprint density at radius 3 is 2.42 bits per heavy atom. The van der Waals surface area contributed by atoms with Crippen LogP contribution in [0.3, 0.4) is 0 Å². The quantitative estimate of drug-likeness (QED) is 0.0147. The first-order valence-corrected chi connectivity index (χ1v) is 22.0. The van der Waals surface area contributed by atoms with Crippen LogP contribution in [0.15, 0.2) is 56.0 Å². The Bertz CT molecular complexity index is 2630. The van der Waals surface area contributed by atoms with Gasteiger partial charge in [0.15, 0.2) is 22.3 Å². The number of carbonyl (C=O) groups excluding carboxylic acids is 4. The molecule has 1 saturated heterocycles. The van der Waals surface area contributed by atoms with Gasteiger partial charge in [0.05, 0.1) is 4.90 Å². The van der Waals surface area contributed by atoms with Gasteiger partial charge in [0.1, 0.15) is 33.9 Å². The van der Waals surface area contributed by atoms with Gasteiger partial charge in [-0.05, 0) is 44.2 Å². The number of rotatable bonds is 17. The fourth-order valence-electron chi connectivity index (χ4n) is 5.53. The average molecular weight is 937 g/mol. The maximum Gasteiger partial charge on any atom is 0.352 e. The first-order chi connectivity index (χ1) is 29.2. The number of aromatic hydroxyl groups is 2. The third-order valence-corrected chi connectivity index (χ3v) is 13.0. The number of nitrogens with zero attached hydrogens (tertiary/aromatic N) is 7. The molecule has 0 saturated carbocycles. The third kappa shape index (κ3) is 10.7. The number of likely N-dealkylation sites (N-methyl/N-ethyl adjacent to an activating group) is 1. The van der Waals surface area contributed by atoms with Gasteiger partial charge in [0.2, 0.25) is 27.5 Å². The van der Waals surface area contributed by atoms with Gasteiger partial charge in [-0.2, -0.15) is 9.50 Å². The molecule has 6 rings (SSSR count). The Hall–Kier alpha value is -6.56. The number of oxime groups is 1. The number of phenols is 2. The smallest absolute Gasteiger partial charge is 0.352 e. The number of β-lactam (4-membered cyclic amide) rings is 1. The standard InChI is InChI=1S/C27H24N10O10S4.C6H12N2O3/c1-10-4-16(37-27(30-10)33-21(34-37)20(28)40)48-6-11-7-49-24-18(23(42)36(24)19(11)25(43)44)32-22(41)17(13-8-50-26(29)31-13)35-47-9-51(45,46)12-2-3-14(38)15(39)5-12;1-8-4(6(10)11)2-3-5(7)9/h2-5,8,18,24,38-39H,6-7,9H2,1H3,(H2,28,40)(H2,29,31)(H,32,41)(H,43,44);4,8H,2-3H2,1H3,(H2,7,9)(H,10,11)/t18-,24-;4-/m11/s1. The summed E-state index contributed by atoms with van der Waals surface area (Å²) >= 11 is 3.34. The van der Waals surface area contributed by atoms with Crippen LogP contribution in [0.4, 0.5) is 5.13 Å². The highest BCUT2D eigenvalue weighted by atomic mass is 32.2. The van der Waals surface area contributed by atoms with Crippen molar-refractivity contribution in [3.05, 3.63) is 58.1 Å². The fraction of sp³-hybridized carbons (Fsp3) is 0.303. The number of phenolic OH excluding ortho intramolecular Hbond substituents is 2. The lowest BCUT2D eigenvalue weighted by Crippen LogP contribution is -2.71. The van der Waals surface area contributed by atoms with E-state index in [4.69, 9.17) is 27.1 Å². The Morgan fingerprint density at radius 2 is 1.82 bits per heavy atom. The molecule has 12 N–H and O–H groups in total. The number of nitrogens with one attached hydrogen (secondary N) is 2. The molecule has 5 heterocycles. The molecule has 1 aromatic carbocycles. The third-order valence-electron chi connectivity index (χ3n) is 8.53. The molecule has 0 spiro atoms. The number of aliphatic carboxylic acids is 2. The van der Waals surface area contributed by atoms with Crippen LogP contribution in [-0.4, -0.2) is 142 Å². The molecule has 1 fully saturated rings. The van der Waals surface area contributed by atoms with Crippen molar-refractivity contribution in [1.29, 1.82) is 0 Å². The lowest BCUT2D eigenvalue weighted by atomic mass is 10.0. The van der Waals surface area contributed by atoms with Crippen LogP contribution in [0.1, 0.15) is 34.8 Å². The largest absolute Gasteiger partial charge is 0.504 e. The van der Waals surface area contributed by atoms with Gasteiger partial charge in [-0.1, -0.05) is 5.16 Å². The summed E-state index contributed by atoms with van der Waals surface area (Å²) in [6.45, 7) is 1.70. The predicted molar refractivity (Wildman–Crippen MR) is 219 cm³/mol. The van der Waals surface area contributed by atoms with Gasteiger partial charge in [0.25, 0.3) is 23.5 Å². The van der Waals surface area contributed by atoms with E-state index < -0.39 is 90.9 Å². The number of aryl methyl sites for hydroxylation is 1. The van der Waals surface area contributed by atoms with Crippen molar-refractivity contribution >= 4 is 96.9 Å². The highest BCUT2D eigenvalue weighted by Crippen LogP contribution is 2.42. The molecule has 4 aromatic rings. The highest BCUT2D eigenvalue weighted by Gasteiger charge is 2.54. The number of carbonyl (C=O) groups is 6. The molecule has 0 bridgehead atoms. The second kappa shape index (κ2) is 19.4. The van der Waals surface area contributed by atoms with Gasteiger partial charge in [-0.15, -0.1) is 40.0 Å². The lowest BCUT2D eigenvalue weighted by Gasteiger charge is -2.49. The Labute approximate surface area is 361 Å². The van der Waals surface area contributed by atoms with Crippen molar-refractivity contribution < 1.29 is 62.4 Å². The van der Waals surface area contributed by atoms with Crippen molar-refractivity contribution in [1.82, 2.24) is 40.1 Å². The van der Waals surface area contributed by atoms with E-state index in [1.54, 1.807) is 13.0 Å². The topological polar surface area (TPSA) is 400 Å². The highest BCUT2D eigenvalue weighted by molar-refractivity contribution is 8.01. The van der Waals surface area contributed by atoms with E-state index in [-0.39, 0.29) is 52.5 Å². The van der Waals surface area contributed by atoms with Gasteiger partial charge in [-0.25, -0.2) is 23.2 Å². The number of fused-ring (bicyclic) bond motifs is 2. The van der Waals surface area contributed by atoms with Crippen LogP contribution < -0.4 is 27.8 Å². The SMILES string of the molecule is CN[C@H](CCC(N)=O)C(=O)O.Cc1cc(SCC2=C(C(=O)O)N3C(=O)[C@@H](NC(=O)C(=NOCS(=O)(=O)c4ccc(O)c(O)c4)c4csc(N)n4)[C@H]3SC2)n2nc(C(N)=O)nc2n1. The summed E-state index contributed by atoms with van der Waals surface area (Å²) in [6.07, 6.45) is 0.332. The molecule has 25 nitrogen and oxygen atoms in total. The number of nitrogen functional groups attached to an aromatic ring is 1. The zero-order valence-corrected chi connectivity index (χ0v) is 35.4. The molecule has 0 radical (unpaired) electrons. The van der Waals surface area contributed by atoms with Crippen LogP contribution in [-0.2, 0) is 38.6 Å². The number of sulfone groups is 1. The van der Waals surface area contributed by atoms with Crippen molar-refractivity contribution in [3.63, 3.8) is 0 Å². The molecule has 62 heavy (non-hydrogen) atoms. The molecule has 330 valence electrons. The molecule has 0 aliphatic carbocycles. The monoisotopic (exact) mass is 936 g/mol. The average Bonchev–Trinajstić information content (AvgIpc) is 3.84. The van der Waals surface area contributed by atoms with E-state index >= 15 is 0 Å². The molecule has 4 amide bonds. The molecule has 0 unspecified atom stereocenters. The summed E-state index contributed by atoms with van der Waals surface area (Å²) < 4.78 is 26.7. The van der Waals surface area contributed by atoms with E-state index in [1.165, 1.54) is 40.5 Å². The van der Waals surface area contributed by atoms with Crippen LogP contribution in [0.5, 0.6) is 11.5 Å². The Balaban J connectivity index is 0.000000582. The zero-order valence-electron chi connectivity index (χ0n) is 32.1. The van der Waals surface area contributed by atoms with Crippen molar-refractivity contribution in [2.24, 2.45) is 16.6 Å². The fourth-order valence-corrected chi connectivity index (χ4v) is 9.51. The lowest BCUT2D eigenvalue weighted by molar-refractivity contribution is -0.150. The van der Waals surface area contributed by atoms with E-state index in [9.17, 15) is 52.5 Å². The number of primary amides is 2. The number of carboxylic acid groups (broad SMARTS) is 2. The molecule has 3 atom stereocenters. The maximum atomic E-state index is 13.4. The van der Waals surface area contributed by atoms with Crippen LogP contribution in [0.2, 0.25) is 0 Å². The number of aromatic nitrogens is 5. The normalized spacial score (nSPS) is 16.7. The number of hydrogen-bond donors (Lipinski definition) is 9. The van der Waals surface area contributed by atoms with E-state index in [1.807, 2.05) is 0 Å². The zero-order chi connectivity index (χ0) is 45.6. The van der Waals surface area contributed by atoms with Crippen LogP contribution in [0, 0.1) is 6.92 Å². The van der Waals surface area contributed by atoms with E-state index in [0.29, 0.717) is 16.3 Å². The summed E-state index contributed by atoms with van der Waals surface area (Å²) in [6, 6.07) is 2.61. The second-order valence-electron chi connectivity index (χ2n) is 12.9. The Morgan fingerprint density at radius 1 is 1.10 bits per heavy atom. The van der Waals surface area contributed by atoms with Crippen molar-refractivity contribution in [3.8, 4) is 11.5 Å². The summed E-state index contributed by atoms with van der Waals surface area (Å²) in [5.74, 6) is -7.50. The molecule has 2 aliphatic heterocycles. The Kier molecular flexibility index (Phi) is 14.6. The first kappa shape index (κ1) is 46.5. The number of benzene rings is 1. The minimum absolute atomic E-state index is 0.0489. The van der Waals surface area contributed by atoms with E-state index in [0.717, 1.165) is 34.4 Å². The molecular formula is C33H36N12O13S4. The number of hydrogen-bond acceptors (Lipinski definition) is 21. The molecule has 2 aliphatic rings. The van der Waals surface area contributed by atoms with Crippen molar-refractivity contribution in [2.45, 2.75) is 47.1 Å². The number of anilines is 1. The molecule has 3 aromatic heterocycles. The number of carboxylic acids is 2. The minimum atomic E-state index is -4.23. The molecule has 29 heteroatoms. The van der Waals surface area contributed by atoms with Gasteiger partial charge >= 0.3 is 11.9 Å². The van der Waals surface area contributed by atoms with Crippen LogP contribution >= 0.6 is 34.9 Å². The minimum Gasteiger partial charge on any atom is -0.504 e. The predicted octanol–water partition coefficient (Wildman–Crippen LogP) is -1.41. The van der Waals surface area contributed by atoms with Crippen LogP contribution in [0.25, 0.3) is 5.78 Å². The van der Waals surface area contributed by atoms with E-state index in [2.05, 4.69) is 35.8 Å². The summed E-state index contributed by atoms with van der Waals surface area (Å²) in [5.41, 5.74) is 16.0. The summed E-state index contributed by atoms with van der Waals surface area (Å²) in [7, 11) is -2.70. The summed E-state index contributed by atoms with van der Waals surface area (Å²) in [4.78, 5) is 89.3. The van der Waals surface area contributed by atoms with Crippen molar-refractivity contribution in [2.75, 3.05) is 30.2 Å². The van der Waals surface area contributed by atoms with Gasteiger partial charge in [0, 0.05) is 35.1 Å². The van der Waals surface area contributed by atoms with Gasteiger partial charge < -0.3 is 53.1 Å². The molecular weight excluding hydrogens is 901 g/mol. The van der Waals surface area contributed by atoms with Gasteiger partial charge in [-0.3, -0.25) is 28.9 Å². The second-order valence-corrected chi connectivity index (χ2v) is 17.8. The maximum absolute atomic E-state index is 13.4. The number of thioether (sulfide) groups is 2.